The molecule has 1 aliphatic carbocycles. The third kappa shape index (κ3) is 1.42. The first-order chi connectivity index (χ1) is 8.63. The van der Waals surface area contributed by atoms with Crippen molar-refractivity contribution in [3.8, 4) is 0 Å². The van der Waals surface area contributed by atoms with E-state index in [0.717, 1.165) is 16.3 Å². The van der Waals surface area contributed by atoms with Crippen LogP contribution in [-0.2, 0) is 4.79 Å². The van der Waals surface area contributed by atoms with Gasteiger partial charge in [0.15, 0.2) is 0 Å². The van der Waals surface area contributed by atoms with Crippen LogP contribution in [0, 0.1) is 21.4 Å². The minimum absolute atomic E-state index is 0.105. The number of hydrogen-bond donors (Lipinski definition) is 0. The van der Waals surface area contributed by atoms with Crippen LogP contribution in [0.2, 0.25) is 0 Å². The Balaban J connectivity index is 2.02. The topological polar surface area (TPSA) is 60.2 Å². The molecule has 2 aliphatic rings. The van der Waals surface area contributed by atoms with E-state index in [1.807, 2.05) is 24.3 Å². The van der Waals surface area contributed by atoms with Gasteiger partial charge in [-0.25, -0.2) is 0 Å². The number of rotatable bonds is 3. The molecule has 1 aliphatic heterocycles. The minimum atomic E-state index is -0.794. The van der Waals surface area contributed by atoms with E-state index in [-0.39, 0.29) is 16.1 Å². The Morgan fingerprint density at radius 3 is 2.78 bits per heavy atom. The molecule has 18 heavy (non-hydrogen) atoms. The Kier molecular flexibility index (Phi) is 2.75. The summed E-state index contributed by atoms with van der Waals surface area (Å²) >= 11 is 5.11. The van der Waals surface area contributed by atoms with Gasteiger partial charge in [-0.05, 0) is 11.6 Å². The normalized spacial score (nSPS) is 37.1. The molecule has 4 atom stereocenters. The van der Waals surface area contributed by atoms with Crippen LogP contribution in [0.5, 0.6) is 0 Å². The van der Waals surface area contributed by atoms with Gasteiger partial charge in [-0.2, -0.15) is 11.8 Å². The first kappa shape index (κ1) is 12.2. The second-order valence-electron chi connectivity index (χ2n) is 4.69. The SMILES string of the molecule is O=C[C@@]12[C@@H](c3ccccc3Br)SC[C@@H]1[C@H]2[N+](=O)[O-]. The predicted molar refractivity (Wildman–Crippen MR) is 72.1 cm³/mol. The van der Waals surface area contributed by atoms with E-state index in [4.69, 9.17) is 0 Å². The van der Waals surface area contributed by atoms with Gasteiger partial charge in [0.05, 0.1) is 11.2 Å². The minimum Gasteiger partial charge on any atom is -0.302 e. The van der Waals surface area contributed by atoms with Crippen molar-refractivity contribution in [3.63, 3.8) is 0 Å². The lowest BCUT2D eigenvalue weighted by molar-refractivity contribution is -0.503. The van der Waals surface area contributed by atoms with E-state index in [1.54, 1.807) is 11.8 Å². The Labute approximate surface area is 116 Å². The summed E-state index contributed by atoms with van der Waals surface area (Å²) in [6.07, 6.45) is 0.815. The van der Waals surface area contributed by atoms with Crippen molar-refractivity contribution in [1.82, 2.24) is 0 Å². The number of hydrogen-bond acceptors (Lipinski definition) is 4. The van der Waals surface area contributed by atoms with Crippen molar-refractivity contribution in [2.75, 3.05) is 5.75 Å². The zero-order valence-corrected chi connectivity index (χ0v) is 11.7. The maximum Gasteiger partial charge on any atom is 0.232 e. The van der Waals surface area contributed by atoms with Crippen LogP contribution in [0.3, 0.4) is 0 Å². The third-order valence-electron chi connectivity index (χ3n) is 3.94. The first-order valence-corrected chi connectivity index (χ1v) is 7.43. The predicted octanol–water partition coefficient (Wildman–Crippen LogP) is 2.70. The van der Waals surface area contributed by atoms with Crippen LogP contribution in [0.25, 0.3) is 0 Å². The average molecular weight is 328 g/mol. The lowest BCUT2D eigenvalue weighted by atomic mass is 9.95. The van der Waals surface area contributed by atoms with Gasteiger partial charge >= 0.3 is 0 Å². The molecule has 0 amide bonds. The van der Waals surface area contributed by atoms with Gasteiger partial charge in [0.2, 0.25) is 6.04 Å². The molecule has 1 aromatic carbocycles. The quantitative estimate of drug-likeness (QED) is 0.486. The summed E-state index contributed by atoms with van der Waals surface area (Å²) in [6, 6.07) is 6.94. The van der Waals surface area contributed by atoms with Gasteiger partial charge in [-0.15, -0.1) is 0 Å². The standard InChI is InChI=1S/C12H10BrNO3S/c13-9-4-2-1-3-7(9)11-12(6-15)8(5-18-11)10(12)14(16)17/h1-4,6,8,10-11H,5H2/t8-,10-,11-,12-/m1/s1. The zero-order chi connectivity index (χ0) is 12.9. The number of fused-ring (bicyclic) bond motifs is 1. The average Bonchev–Trinajstić information content (AvgIpc) is 2.88. The third-order valence-corrected chi connectivity index (χ3v) is 6.21. The fourth-order valence-electron chi connectivity index (χ4n) is 3.01. The maximum absolute atomic E-state index is 11.4. The highest BCUT2D eigenvalue weighted by Gasteiger charge is 2.80. The second-order valence-corrected chi connectivity index (χ2v) is 6.68. The molecule has 0 radical (unpaired) electrons. The van der Waals surface area contributed by atoms with Gasteiger partial charge in [-0.3, -0.25) is 10.1 Å². The Morgan fingerprint density at radius 1 is 1.50 bits per heavy atom. The van der Waals surface area contributed by atoms with Crippen molar-refractivity contribution < 1.29 is 9.72 Å². The Hall–Kier alpha value is -0.880. The molecule has 1 saturated carbocycles. The largest absolute Gasteiger partial charge is 0.302 e. The highest BCUT2D eigenvalue weighted by atomic mass is 79.9. The lowest BCUT2D eigenvalue weighted by Gasteiger charge is -2.19. The van der Waals surface area contributed by atoms with Gasteiger partial charge < -0.3 is 4.79 Å². The molecular formula is C12H10BrNO3S. The molecule has 1 aromatic rings. The monoisotopic (exact) mass is 327 g/mol. The van der Waals surface area contributed by atoms with Crippen LogP contribution in [-0.4, -0.2) is 23.0 Å². The van der Waals surface area contributed by atoms with Crippen molar-refractivity contribution in [3.05, 3.63) is 44.4 Å². The number of aldehydes is 1. The molecule has 0 spiro atoms. The molecule has 4 nitrogen and oxygen atoms in total. The zero-order valence-electron chi connectivity index (χ0n) is 9.28. The molecule has 0 N–H and O–H groups in total. The summed E-state index contributed by atoms with van der Waals surface area (Å²) in [6.45, 7) is 0. The van der Waals surface area contributed by atoms with Crippen molar-refractivity contribution in [1.29, 1.82) is 0 Å². The molecule has 1 saturated heterocycles. The Bertz CT molecular complexity index is 538. The summed E-state index contributed by atoms with van der Waals surface area (Å²) in [5.41, 5.74) is 0.194. The van der Waals surface area contributed by atoms with Crippen LogP contribution in [0.4, 0.5) is 0 Å². The number of nitrogens with zero attached hydrogens (tertiary/aromatic N) is 1. The number of nitro groups is 1. The van der Waals surface area contributed by atoms with Gasteiger partial charge in [-0.1, -0.05) is 34.1 Å². The van der Waals surface area contributed by atoms with Crippen molar-refractivity contribution in [2.45, 2.75) is 11.3 Å². The molecule has 3 rings (SSSR count). The molecule has 94 valence electrons. The molecule has 0 unspecified atom stereocenters. The summed E-state index contributed by atoms with van der Waals surface area (Å²) in [5, 5.41) is 10.9. The number of carbonyl (C=O) groups excluding carboxylic acids is 1. The molecule has 1 heterocycles. The van der Waals surface area contributed by atoms with E-state index in [0.29, 0.717) is 5.75 Å². The van der Waals surface area contributed by atoms with Gasteiger partial charge in [0.25, 0.3) is 0 Å². The molecule has 6 heteroatoms. The van der Waals surface area contributed by atoms with E-state index in [2.05, 4.69) is 15.9 Å². The molecule has 0 aromatic heterocycles. The number of thioether (sulfide) groups is 1. The summed E-state index contributed by atoms with van der Waals surface area (Å²) in [7, 11) is 0. The van der Waals surface area contributed by atoms with E-state index in [9.17, 15) is 14.9 Å². The lowest BCUT2D eigenvalue weighted by Crippen LogP contribution is -2.21. The Morgan fingerprint density at radius 2 is 2.22 bits per heavy atom. The molecule has 0 bridgehead atoms. The van der Waals surface area contributed by atoms with Crippen molar-refractivity contribution >= 4 is 34.0 Å². The first-order valence-electron chi connectivity index (χ1n) is 5.58. The highest BCUT2D eigenvalue weighted by molar-refractivity contribution is 9.10. The van der Waals surface area contributed by atoms with Crippen LogP contribution >= 0.6 is 27.7 Å². The fourth-order valence-corrected chi connectivity index (χ4v) is 5.59. The van der Waals surface area contributed by atoms with Crippen molar-refractivity contribution in [2.24, 2.45) is 11.3 Å². The second kappa shape index (κ2) is 4.06. The van der Waals surface area contributed by atoms with Crippen LogP contribution in [0.1, 0.15) is 10.8 Å². The summed E-state index contributed by atoms with van der Waals surface area (Å²) < 4.78 is 0.915. The number of halogens is 1. The summed E-state index contributed by atoms with van der Waals surface area (Å²) in [5.74, 6) is 0.586. The number of carbonyl (C=O) groups is 1. The number of benzene rings is 1. The smallest absolute Gasteiger partial charge is 0.232 e. The van der Waals surface area contributed by atoms with E-state index in [1.165, 1.54) is 0 Å². The van der Waals surface area contributed by atoms with Gasteiger partial charge in [0, 0.05) is 15.1 Å². The maximum atomic E-state index is 11.4. The fraction of sp³-hybridized carbons (Fsp3) is 0.417. The van der Waals surface area contributed by atoms with Crippen LogP contribution in [0.15, 0.2) is 28.7 Å². The molecule has 2 fully saturated rings. The summed E-state index contributed by atoms with van der Waals surface area (Å²) in [4.78, 5) is 22.2. The van der Waals surface area contributed by atoms with Crippen LogP contribution < -0.4 is 0 Å². The van der Waals surface area contributed by atoms with E-state index >= 15 is 0 Å². The van der Waals surface area contributed by atoms with E-state index < -0.39 is 11.5 Å². The molecular weight excluding hydrogens is 318 g/mol. The van der Waals surface area contributed by atoms with Gasteiger partial charge in [0.1, 0.15) is 11.7 Å². The highest BCUT2D eigenvalue weighted by Crippen LogP contribution is 2.71.